The molecule has 0 fully saturated rings. The number of aryl methyl sites for hydroxylation is 1. The maximum atomic E-state index is 5.57. The van der Waals surface area contributed by atoms with E-state index in [4.69, 9.17) is 9.47 Å². The molecule has 1 N–H and O–H groups in total. The van der Waals surface area contributed by atoms with Crippen LogP contribution in [0.25, 0.3) is 0 Å². The molecular formula is C14H16N2O2S. The molecule has 1 aliphatic rings. The lowest BCUT2D eigenvalue weighted by atomic mass is 10.2. The molecule has 3 rings (SSSR count). The minimum absolute atomic E-state index is 0.629. The van der Waals surface area contributed by atoms with E-state index in [-0.39, 0.29) is 0 Å². The molecule has 4 nitrogen and oxygen atoms in total. The summed E-state index contributed by atoms with van der Waals surface area (Å²) in [6.07, 6.45) is 0. The summed E-state index contributed by atoms with van der Waals surface area (Å²) < 4.78 is 11.1. The first-order valence-corrected chi connectivity index (χ1v) is 7.19. The summed E-state index contributed by atoms with van der Waals surface area (Å²) in [5.41, 5.74) is 4.20. The summed E-state index contributed by atoms with van der Waals surface area (Å²) >= 11 is 1.69. The molecule has 0 atom stereocenters. The zero-order valence-corrected chi connectivity index (χ0v) is 11.6. The van der Waals surface area contributed by atoms with Crippen LogP contribution in [-0.2, 0) is 13.1 Å². The van der Waals surface area contributed by atoms with Crippen LogP contribution in [0, 0.1) is 6.92 Å². The van der Waals surface area contributed by atoms with Gasteiger partial charge < -0.3 is 14.8 Å². The number of nitrogens with one attached hydrogen (secondary N) is 1. The van der Waals surface area contributed by atoms with Gasteiger partial charge >= 0.3 is 0 Å². The summed E-state index contributed by atoms with van der Waals surface area (Å²) in [5.74, 6) is 1.69. The molecule has 1 aliphatic heterocycles. The number of fused-ring (bicyclic) bond motifs is 1. The van der Waals surface area contributed by atoms with Crippen LogP contribution < -0.4 is 14.8 Å². The number of hydrogen-bond acceptors (Lipinski definition) is 5. The topological polar surface area (TPSA) is 43.4 Å². The van der Waals surface area contributed by atoms with Gasteiger partial charge in [0, 0.05) is 18.0 Å². The van der Waals surface area contributed by atoms with Gasteiger partial charge in [-0.15, -0.1) is 11.3 Å². The Kier molecular flexibility index (Phi) is 3.66. The van der Waals surface area contributed by atoms with E-state index in [1.807, 2.05) is 24.6 Å². The van der Waals surface area contributed by atoms with Gasteiger partial charge in [-0.1, -0.05) is 6.07 Å². The van der Waals surface area contributed by atoms with Gasteiger partial charge in [-0.2, -0.15) is 0 Å². The molecule has 2 heterocycles. The molecule has 0 bridgehead atoms. The Labute approximate surface area is 116 Å². The van der Waals surface area contributed by atoms with Crippen molar-refractivity contribution in [2.75, 3.05) is 13.2 Å². The summed E-state index contributed by atoms with van der Waals surface area (Å²) in [6, 6.07) is 6.09. The lowest BCUT2D eigenvalue weighted by molar-refractivity contribution is 0.171. The molecule has 0 radical (unpaired) electrons. The molecule has 0 saturated carbocycles. The molecule has 19 heavy (non-hydrogen) atoms. The van der Waals surface area contributed by atoms with E-state index in [0.717, 1.165) is 30.3 Å². The third kappa shape index (κ3) is 2.88. The highest BCUT2D eigenvalue weighted by molar-refractivity contribution is 7.09. The van der Waals surface area contributed by atoms with Crippen molar-refractivity contribution in [3.05, 3.63) is 39.8 Å². The predicted molar refractivity (Wildman–Crippen MR) is 74.8 cm³/mol. The van der Waals surface area contributed by atoms with E-state index in [0.29, 0.717) is 13.2 Å². The molecule has 1 aromatic heterocycles. The van der Waals surface area contributed by atoms with Gasteiger partial charge in [-0.25, -0.2) is 4.98 Å². The first kappa shape index (κ1) is 12.4. The Bertz CT molecular complexity index is 568. The standard InChI is InChI=1S/C14H16N2O2S/c1-10-14(19-9-16-10)8-15-7-11-2-3-12-13(6-11)18-5-4-17-12/h2-3,6,9,15H,4-5,7-8H2,1H3. The van der Waals surface area contributed by atoms with Gasteiger partial charge in [0.05, 0.1) is 11.2 Å². The first-order chi connectivity index (χ1) is 9.33. The highest BCUT2D eigenvalue weighted by Gasteiger charge is 2.11. The zero-order chi connectivity index (χ0) is 13.1. The van der Waals surface area contributed by atoms with E-state index in [1.54, 1.807) is 11.3 Å². The van der Waals surface area contributed by atoms with E-state index in [1.165, 1.54) is 10.4 Å². The Morgan fingerprint density at radius 3 is 2.84 bits per heavy atom. The van der Waals surface area contributed by atoms with E-state index < -0.39 is 0 Å². The Hall–Kier alpha value is -1.59. The van der Waals surface area contributed by atoms with Gasteiger partial charge in [0.25, 0.3) is 0 Å². The maximum absolute atomic E-state index is 5.57. The van der Waals surface area contributed by atoms with Gasteiger partial charge in [0.2, 0.25) is 0 Å². The monoisotopic (exact) mass is 276 g/mol. The van der Waals surface area contributed by atoms with Crippen molar-refractivity contribution >= 4 is 11.3 Å². The second-order valence-corrected chi connectivity index (χ2v) is 5.38. The van der Waals surface area contributed by atoms with Gasteiger partial charge in [0.15, 0.2) is 11.5 Å². The number of ether oxygens (including phenoxy) is 2. The molecule has 5 heteroatoms. The van der Waals surface area contributed by atoms with Gasteiger partial charge in [-0.3, -0.25) is 0 Å². The maximum Gasteiger partial charge on any atom is 0.161 e. The molecule has 0 unspecified atom stereocenters. The van der Waals surface area contributed by atoms with Crippen LogP contribution in [0.5, 0.6) is 11.5 Å². The third-order valence-corrected chi connectivity index (χ3v) is 4.00. The average molecular weight is 276 g/mol. The first-order valence-electron chi connectivity index (χ1n) is 6.31. The number of rotatable bonds is 4. The van der Waals surface area contributed by atoms with Crippen molar-refractivity contribution in [3.8, 4) is 11.5 Å². The minimum Gasteiger partial charge on any atom is -0.486 e. The lowest BCUT2D eigenvalue weighted by Gasteiger charge is -2.18. The SMILES string of the molecule is Cc1ncsc1CNCc1ccc2c(c1)OCCO2. The molecule has 0 aliphatic carbocycles. The molecule has 2 aromatic rings. The number of aromatic nitrogens is 1. The van der Waals surface area contributed by atoms with Crippen molar-refractivity contribution in [1.82, 2.24) is 10.3 Å². The number of nitrogens with zero attached hydrogens (tertiary/aromatic N) is 1. The second kappa shape index (κ2) is 5.59. The summed E-state index contributed by atoms with van der Waals surface area (Å²) in [5, 5.41) is 3.43. The summed E-state index contributed by atoms with van der Waals surface area (Å²) in [4.78, 5) is 5.53. The Morgan fingerprint density at radius 2 is 2.05 bits per heavy atom. The fourth-order valence-electron chi connectivity index (χ4n) is 2.01. The van der Waals surface area contributed by atoms with Crippen molar-refractivity contribution in [3.63, 3.8) is 0 Å². The molecular weight excluding hydrogens is 260 g/mol. The van der Waals surface area contributed by atoms with Crippen LogP contribution in [0.4, 0.5) is 0 Å². The van der Waals surface area contributed by atoms with Crippen LogP contribution in [-0.4, -0.2) is 18.2 Å². The van der Waals surface area contributed by atoms with Crippen molar-refractivity contribution in [1.29, 1.82) is 0 Å². The zero-order valence-electron chi connectivity index (χ0n) is 10.8. The quantitative estimate of drug-likeness (QED) is 0.932. The van der Waals surface area contributed by atoms with Crippen molar-refractivity contribution < 1.29 is 9.47 Å². The summed E-state index contributed by atoms with van der Waals surface area (Å²) in [6.45, 7) is 4.97. The molecule has 0 spiro atoms. The molecule has 0 saturated heterocycles. The molecule has 1 aromatic carbocycles. The fraction of sp³-hybridized carbons (Fsp3) is 0.357. The highest BCUT2D eigenvalue weighted by Crippen LogP contribution is 2.30. The lowest BCUT2D eigenvalue weighted by Crippen LogP contribution is -2.16. The second-order valence-electron chi connectivity index (χ2n) is 4.44. The van der Waals surface area contributed by atoms with Crippen LogP contribution in [0.3, 0.4) is 0 Å². The largest absolute Gasteiger partial charge is 0.486 e. The number of thiazole rings is 1. The molecule has 0 amide bonds. The predicted octanol–water partition coefficient (Wildman–Crippen LogP) is 2.51. The van der Waals surface area contributed by atoms with Crippen molar-refractivity contribution in [2.24, 2.45) is 0 Å². The van der Waals surface area contributed by atoms with Crippen LogP contribution in [0.2, 0.25) is 0 Å². The Balaban J connectivity index is 1.59. The van der Waals surface area contributed by atoms with Crippen LogP contribution in [0.1, 0.15) is 16.1 Å². The highest BCUT2D eigenvalue weighted by atomic mass is 32.1. The van der Waals surface area contributed by atoms with Crippen molar-refractivity contribution in [2.45, 2.75) is 20.0 Å². The third-order valence-electron chi connectivity index (χ3n) is 3.07. The van der Waals surface area contributed by atoms with E-state index >= 15 is 0 Å². The minimum atomic E-state index is 0.629. The Morgan fingerprint density at radius 1 is 1.21 bits per heavy atom. The smallest absolute Gasteiger partial charge is 0.161 e. The van der Waals surface area contributed by atoms with Gasteiger partial charge in [0.1, 0.15) is 13.2 Å². The van der Waals surface area contributed by atoms with E-state index in [2.05, 4.69) is 16.4 Å². The van der Waals surface area contributed by atoms with E-state index in [9.17, 15) is 0 Å². The molecule has 100 valence electrons. The van der Waals surface area contributed by atoms with Crippen LogP contribution in [0.15, 0.2) is 23.7 Å². The van der Waals surface area contributed by atoms with Crippen LogP contribution >= 0.6 is 11.3 Å². The van der Waals surface area contributed by atoms with Gasteiger partial charge in [-0.05, 0) is 24.6 Å². The normalized spacial score (nSPS) is 13.5. The number of hydrogen-bond donors (Lipinski definition) is 1. The number of benzene rings is 1. The average Bonchev–Trinajstić information content (AvgIpc) is 2.84. The fourth-order valence-corrected chi connectivity index (χ4v) is 2.76. The summed E-state index contributed by atoms with van der Waals surface area (Å²) in [7, 11) is 0.